The van der Waals surface area contributed by atoms with Gasteiger partial charge in [0.25, 0.3) is 0 Å². The maximum Gasteiger partial charge on any atom is 0.240 e. The minimum atomic E-state index is -0.0104. The van der Waals surface area contributed by atoms with Crippen LogP contribution in [0, 0.1) is 0 Å². The number of rotatable bonds is 0. The van der Waals surface area contributed by atoms with E-state index in [1.165, 1.54) is 0 Å². The molecule has 0 aromatic rings. The lowest BCUT2D eigenvalue weighted by Crippen LogP contribution is -2.60. The van der Waals surface area contributed by atoms with Crippen molar-refractivity contribution in [2.75, 3.05) is 13.2 Å². The van der Waals surface area contributed by atoms with Gasteiger partial charge >= 0.3 is 0 Å². The van der Waals surface area contributed by atoms with Crippen LogP contribution in [0.1, 0.15) is 6.42 Å². The molecule has 2 unspecified atom stereocenters. The minimum Gasteiger partial charge on any atom is -0.341 e. The molecule has 2 N–H and O–H groups in total. The molecule has 0 radical (unpaired) electrons. The number of fused-ring (bicyclic) bond motifs is 1. The van der Waals surface area contributed by atoms with Gasteiger partial charge in [-0.1, -0.05) is 15.9 Å². The highest BCUT2D eigenvalue weighted by Crippen LogP contribution is 2.23. The van der Waals surface area contributed by atoms with E-state index in [-0.39, 0.29) is 11.9 Å². The van der Waals surface area contributed by atoms with E-state index in [0.29, 0.717) is 11.5 Å². The SMILES string of the molecule is O=C1NCNN2CCC(Br)C12. The number of carbonyl (C=O) groups excluding carboxylic acids is 1. The predicted octanol–water partition coefficient (Wildman–Crippen LogP) is -0.584. The Labute approximate surface area is 73.4 Å². The molecule has 2 atom stereocenters. The van der Waals surface area contributed by atoms with Gasteiger partial charge in [-0.2, -0.15) is 0 Å². The Morgan fingerprint density at radius 2 is 2.45 bits per heavy atom. The Kier molecular flexibility index (Phi) is 1.86. The van der Waals surface area contributed by atoms with Gasteiger partial charge in [0, 0.05) is 11.4 Å². The van der Waals surface area contributed by atoms with Crippen LogP contribution in [0.25, 0.3) is 0 Å². The van der Waals surface area contributed by atoms with Crippen LogP contribution in [0.2, 0.25) is 0 Å². The maximum absolute atomic E-state index is 11.3. The molecule has 4 nitrogen and oxygen atoms in total. The topological polar surface area (TPSA) is 44.4 Å². The van der Waals surface area contributed by atoms with Crippen molar-refractivity contribution in [1.82, 2.24) is 15.8 Å². The van der Waals surface area contributed by atoms with Crippen molar-refractivity contribution in [2.24, 2.45) is 0 Å². The Balaban J connectivity index is 2.14. The molecule has 2 heterocycles. The van der Waals surface area contributed by atoms with Crippen molar-refractivity contribution in [3.8, 4) is 0 Å². The highest BCUT2D eigenvalue weighted by atomic mass is 79.9. The molecule has 5 heteroatoms. The standard InChI is InChI=1S/C6H10BrN3O/c7-4-1-2-10-5(4)6(11)8-3-9-10/h4-5,9H,1-3H2,(H,8,11). The Bertz CT molecular complexity index is 185. The van der Waals surface area contributed by atoms with Crippen molar-refractivity contribution in [1.29, 1.82) is 0 Å². The first-order valence-corrected chi connectivity index (χ1v) is 4.62. The summed E-state index contributed by atoms with van der Waals surface area (Å²) in [6.45, 7) is 1.52. The Morgan fingerprint density at radius 1 is 1.64 bits per heavy atom. The summed E-state index contributed by atoms with van der Waals surface area (Å²) in [6, 6.07) is -0.0104. The van der Waals surface area contributed by atoms with Gasteiger partial charge in [0.05, 0.1) is 6.67 Å². The van der Waals surface area contributed by atoms with Crippen LogP contribution in [0.15, 0.2) is 0 Å². The van der Waals surface area contributed by atoms with Crippen LogP contribution in [-0.4, -0.2) is 35.0 Å². The number of hydrazine groups is 1. The molecule has 0 aliphatic carbocycles. The molecule has 0 spiro atoms. The van der Waals surface area contributed by atoms with Crippen LogP contribution in [-0.2, 0) is 4.79 Å². The van der Waals surface area contributed by atoms with Crippen molar-refractivity contribution < 1.29 is 4.79 Å². The van der Waals surface area contributed by atoms with Gasteiger partial charge in [0.1, 0.15) is 6.04 Å². The number of hydrogen-bond acceptors (Lipinski definition) is 3. The van der Waals surface area contributed by atoms with Crippen molar-refractivity contribution >= 4 is 21.8 Å². The summed E-state index contributed by atoms with van der Waals surface area (Å²) >= 11 is 3.48. The molecule has 0 aromatic carbocycles. The summed E-state index contributed by atoms with van der Waals surface area (Å²) in [4.78, 5) is 11.6. The van der Waals surface area contributed by atoms with Gasteiger partial charge in [0.15, 0.2) is 0 Å². The van der Waals surface area contributed by atoms with E-state index in [9.17, 15) is 4.79 Å². The van der Waals surface area contributed by atoms with E-state index in [0.717, 1.165) is 13.0 Å². The van der Waals surface area contributed by atoms with Gasteiger partial charge in [-0.25, -0.2) is 10.4 Å². The van der Waals surface area contributed by atoms with Gasteiger partial charge in [-0.3, -0.25) is 4.79 Å². The average Bonchev–Trinajstić information content (AvgIpc) is 2.34. The summed E-state index contributed by atoms with van der Waals surface area (Å²) in [6.07, 6.45) is 1.03. The largest absolute Gasteiger partial charge is 0.341 e. The second kappa shape index (κ2) is 2.73. The number of hydrogen-bond donors (Lipinski definition) is 2. The van der Waals surface area contributed by atoms with Crippen LogP contribution >= 0.6 is 15.9 Å². The van der Waals surface area contributed by atoms with Crippen LogP contribution in [0.5, 0.6) is 0 Å². The Morgan fingerprint density at radius 3 is 3.18 bits per heavy atom. The zero-order chi connectivity index (χ0) is 7.84. The maximum atomic E-state index is 11.3. The molecule has 62 valence electrons. The lowest BCUT2D eigenvalue weighted by Gasteiger charge is -2.30. The van der Waals surface area contributed by atoms with Gasteiger partial charge < -0.3 is 5.32 Å². The first-order chi connectivity index (χ1) is 5.29. The first-order valence-electron chi connectivity index (χ1n) is 3.71. The fourth-order valence-electron chi connectivity index (χ4n) is 1.57. The number of carbonyl (C=O) groups is 1. The fourth-order valence-corrected chi connectivity index (χ4v) is 2.30. The minimum absolute atomic E-state index is 0.0104. The summed E-state index contributed by atoms with van der Waals surface area (Å²) in [5.74, 6) is 0.128. The zero-order valence-corrected chi connectivity index (χ0v) is 7.60. The molecule has 11 heavy (non-hydrogen) atoms. The fraction of sp³-hybridized carbons (Fsp3) is 0.833. The molecule has 2 fully saturated rings. The zero-order valence-electron chi connectivity index (χ0n) is 6.01. The normalized spacial score (nSPS) is 38.5. The van der Waals surface area contributed by atoms with E-state index >= 15 is 0 Å². The van der Waals surface area contributed by atoms with E-state index in [2.05, 4.69) is 26.7 Å². The molecule has 2 rings (SSSR count). The second-order valence-corrected chi connectivity index (χ2v) is 3.99. The third-order valence-electron chi connectivity index (χ3n) is 2.14. The van der Waals surface area contributed by atoms with Crippen molar-refractivity contribution in [3.05, 3.63) is 0 Å². The molecule has 2 aliphatic rings. The summed E-state index contributed by atoms with van der Waals surface area (Å²) in [5.41, 5.74) is 3.11. The quantitative estimate of drug-likeness (QED) is 0.536. The second-order valence-electron chi connectivity index (χ2n) is 2.82. The highest BCUT2D eigenvalue weighted by Gasteiger charge is 2.39. The summed E-state index contributed by atoms with van der Waals surface area (Å²) in [7, 11) is 0. The third-order valence-corrected chi connectivity index (χ3v) is 3.10. The number of amides is 1. The Hall–Kier alpha value is -0.130. The molecule has 1 amide bonds. The van der Waals surface area contributed by atoms with Crippen LogP contribution in [0.3, 0.4) is 0 Å². The number of nitrogens with zero attached hydrogens (tertiary/aromatic N) is 1. The summed E-state index contributed by atoms with van der Waals surface area (Å²) < 4.78 is 0. The molecule has 2 saturated heterocycles. The first kappa shape index (κ1) is 7.52. The van der Waals surface area contributed by atoms with Gasteiger partial charge in [-0.15, -0.1) is 0 Å². The molecule has 0 bridgehead atoms. The monoisotopic (exact) mass is 219 g/mol. The lowest BCUT2D eigenvalue weighted by molar-refractivity contribution is -0.129. The molecule has 0 aromatic heterocycles. The predicted molar refractivity (Wildman–Crippen MR) is 44.0 cm³/mol. The van der Waals surface area contributed by atoms with Crippen molar-refractivity contribution in [2.45, 2.75) is 17.3 Å². The number of alkyl halides is 1. The molecule has 2 aliphatic heterocycles. The lowest BCUT2D eigenvalue weighted by atomic mass is 10.2. The molecular formula is C6H10BrN3O. The average molecular weight is 220 g/mol. The highest BCUT2D eigenvalue weighted by molar-refractivity contribution is 9.09. The van der Waals surface area contributed by atoms with Crippen LogP contribution < -0.4 is 10.7 Å². The van der Waals surface area contributed by atoms with E-state index in [4.69, 9.17) is 0 Å². The third kappa shape index (κ3) is 1.17. The van der Waals surface area contributed by atoms with E-state index in [1.807, 2.05) is 5.01 Å². The smallest absolute Gasteiger partial charge is 0.240 e. The van der Waals surface area contributed by atoms with E-state index in [1.54, 1.807) is 0 Å². The van der Waals surface area contributed by atoms with Crippen LogP contribution in [0.4, 0.5) is 0 Å². The van der Waals surface area contributed by atoms with Crippen molar-refractivity contribution in [3.63, 3.8) is 0 Å². The van der Waals surface area contributed by atoms with Gasteiger partial charge in [-0.05, 0) is 6.42 Å². The molecule has 0 saturated carbocycles. The number of nitrogens with one attached hydrogen (secondary N) is 2. The van der Waals surface area contributed by atoms with Gasteiger partial charge in [0.2, 0.25) is 5.91 Å². The number of halogens is 1. The summed E-state index contributed by atoms with van der Waals surface area (Å²) in [5, 5.41) is 4.76. The molecular weight excluding hydrogens is 210 g/mol. The van der Waals surface area contributed by atoms with E-state index < -0.39 is 0 Å².